The van der Waals surface area contributed by atoms with Crippen molar-refractivity contribution in [2.45, 2.75) is 26.1 Å². The summed E-state index contributed by atoms with van der Waals surface area (Å²) >= 11 is 0. The standard InChI is InChI=1S/C22H22N4O3/c1-14-3-5-15(6-4-14)11-23-21(27)19-13-26-12-18(25-22(28)20(26)24-19)16-7-9-17(29-2)10-8-16/h3-10,13,18H,11-12H2,1-2H3,(H,23,27)(H,25,28). The lowest BCUT2D eigenvalue weighted by molar-refractivity contribution is 0.0894. The molecule has 2 N–H and O–H groups in total. The van der Waals surface area contributed by atoms with E-state index in [1.54, 1.807) is 17.9 Å². The third kappa shape index (κ3) is 3.99. The van der Waals surface area contributed by atoms with Crippen LogP contribution >= 0.6 is 0 Å². The van der Waals surface area contributed by atoms with Gasteiger partial charge in [-0.15, -0.1) is 0 Å². The molecule has 1 unspecified atom stereocenters. The Balaban J connectivity index is 1.46. The van der Waals surface area contributed by atoms with Crippen molar-refractivity contribution in [2.75, 3.05) is 7.11 Å². The van der Waals surface area contributed by atoms with Gasteiger partial charge in [-0.05, 0) is 30.2 Å². The monoisotopic (exact) mass is 390 g/mol. The second-order valence-corrected chi connectivity index (χ2v) is 7.07. The zero-order valence-corrected chi connectivity index (χ0v) is 16.3. The van der Waals surface area contributed by atoms with E-state index in [0.717, 1.165) is 16.9 Å². The van der Waals surface area contributed by atoms with Crippen molar-refractivity contribution in [2.24, 2.45) is 0 Å². The lowest BCUT2D eigenvalue weighted by Crippen LogP contribution is -2.38. The molecule has 7 heteroatoms. The minimum Gasteiger partial charge on any atom is -0.497 e. The number of hydrogen-bond donors (Lipinski definition) is 2. The van der Waals surface area contributed by atoms with Gasteiger partial charge in [0.25, 0.3) is 11.8 Å². The summed E-state index contributed by atoms with van der Waals surface area (Å²) < 4.78 is 6.91. The van der Waals surface area contributed by atoms with Gasteiger partial charge in [0.1, 0.15) is 11.4 Å². The number of rotatable bonds is 5. The second-order valence-electron chi connectivity index (χ2n) is 7.07. The Morgan fingerprint density at radius 3 is 2.62 bits per heavy atom. The van der Waals surface area contributed by atoms with E-state index in [0.29, 0.717) is 13.1 Å². The Kier molecular flexibility index (Phi) is 5.03. The molecule has 148 valence electrons. The fourth-order valence-electron chi connectivity index (χ4n) is 3.31. The molecule has 3 aromatic rings. The first-order valence-corrected chi connectivity index (χ1v) is 9.39. The van der Waals surface area contributed by atoms with E-state index in [4.69, 9.17) is 4.74 Å². The predicted molar refractivity (Wildman–Crippen MR) is 108 cm³/mol. The van der Waals surface area contributed by atoms with E-state index >= 15 is 0 Å². The van der Waals surface area contributed by atoms with Crippen molar-refractivity contribution < 1.29 is 14.3 Å². The van der Waals surface area contributed by atoms with Gasteiger partial charge in [-0.2, -0.15) is 0 Å². The Labute approximate surface area is 168 Å². The minimum atomic E-state index is -0.304. The van der Waals surface area contributed by atoms with Crippen LogP contribution in [0.2, 0.25) is 0 Å². The summed E-state index contributed by atoms with van der Waals surface area (Å²) in [6.45, 7) is 2.93. The number of fused-ring (bicyclic) bond motifs is 1. The molecule has 2 heterocycles. The van der Waals surface area contributed by atoms with Crippen LogP contribution in [0, 0.1) is 6.92 Å². The molecule has 0 aliphatic carbocycles. The molecular weight excluding hydrogens is 368 g/mol. The number of methoxy groups -OCH3 is 1. The van der Waals surface area contributed by atoms with E-state index in [1.165, 1.54) is 5.56 Å². The number of nitrogens with one attached hydrogen (secondary N) is 2. The summed E-state index contributed by atoms with van der Waals surface area (Å²) in [6, 6.07) is 15.3. The van der Waals surface area contributed by atoms with Crippen LogP contribution in [-0.2, 0) is 13.1 Å². The number of ether oxygens (including phenoxy) is 1. The Bertz CT molecular complexity index is 1040. The summed E-state index contributed by atoms with van der Waals surface area (Å²) in [7, 11) is 1.61. The number of amides is 2. The maximum absolute atomic E-state index is 12.5. The molecule has 29 heavy (non-hydrogen) atoms. The molecule has 1 aliphatic heterocycles. The Hall–Kier alpha value is -3.61. The van der Waals surface area contributed by atoms with Crippen molar-refractivity contribution in [3.05, 3.63) is 82.9 Å². The number of nitrogens with zero attached hydrogens (tertiary/aromatic N) is 2. The molecule has 0 saturated heterocycles. The number of carbonyl (C=O) groups is 2. The Morgan fingerprint density at radius 2 is 1.93 bits per heavy atom. The highest BCUT2D eigenvalue weighted by Crippen LogP contribution is 2.23. The van der Waals surface area contributed by atoms with Crippen LogP contribution < -0.4 is 15.4 Å². The van der Waals surface area contributed by atoms with Gasteiger partial charge in [-0.3, -0.25) is 9.59 Å². The van der Waals surface area contributed by atoms with Crippen LogP contribution in [0.3, 0.4) is 0 Å². The molecule has 0 saturated carbocycles. The maximum Gasteiger partial charge on any atom is 0.287 e. The molecule has 2 amide bonds. The quantitative estimate of drug-likeness (QED) is 0.701. The van der Waals surface area contributed by atoms with E-state index < -0.39 is 0 Å². The molecule has 1 aliphatic rings. The Morgan fingerprint density at radius 1 is 1.21 bits per heavy atom. The number of benzene rings is 2. The topological polar surface area (TPSA) is 85.2 Å². The van der Waals surface area contributed by atoms with E-state index in [1.807, 2.05) is 55.5 Å². The predicted octanol–water partition coefficient (Wildman–Crippen LogP) is 2.61. The SMILES string of the molecule is COc1ccc(C2Cn3cc(C(=O)NCc4ccc(C)cc4)nc3C(=O)N2)cc1. The fourth-order valence-corrected chi connectivity index (χ4v) is 3.31. The summed E-state index contributed by atoms with van der Waals surface area (Å²) in [5, 5.41) is 5.80. The summed E-state index contributed by atoms with van der Waals surface area (Å²) in [5.74, 6) is 0.401. The number of hydrogen-bond acceptors (Lipinski definition) is 4. The number of carbonyl (C=O) groups excluding carboxylic acids is 2. The number of aryl methyl sites for hydroxylation is 1. The minimum absolute atomic E-state index is 0.196. The van der Waals surface area contributed by atoms with Crippen molar-refractivity contribution in [3.8, 4) is 5.75 Å². The highest BCUT2D eigenvalue weighted by Gasteiger charge is 2.28. The molecule has 7 nitrogen and oxygen atoms in total. The van der Waals surface area contributed by atoms with Crippen molar-refractivity contribution in [3.63, 3.8) is 0 Å². The first-order chi connectivity index (χ1) is 14.0. The zero-order chi connectivity index (χ0) is 20.4. The van der Waals surface area contributed by atoms with Crippen LogP contribution in [-0.4, -0.2) is 28.5 Å². The number of imidazole rings is 1. The summed E-state index contributed by atoms with van der Waals surface area (Å²) in [5.41, 5.74) is 3.37. The van der Waals surface area contributed by atoms with Gasteiger partial charge < -0.3 is 19.9 Å². The molecule has 1 aromatic heterocycles. The van der Waals surface area contributed by atoms with Crippen molar-refractivity contribution in [1.29, 1.82) is 0 Å². The van der Waals surface area contributed by atoms with Gasteiger partial charge in [0, 0.05) is 19.3 Å². The normalized spacial score (nSPS) is 15.4. The van der Waals surface area contributed by atoms with Gasteiger partial charge in [-0.1, -0.05) is 42.0 Å². The average Bonchev–Trinajstić information content (AvgIpc) is 3.18. The zero-order valence-electron chi connectivity index (χ0n) is 16.3. The molecule has 1 atom stereocenters. The summed E-state index contributed by atoms with van der Waals surface area (Å²) in [4.78, 5) is 29.2. The molecule has 4 rings (SSSR count). The lowest BCUT2D eigenvalue weighted by Gasteiger charge is -2.25. The first-order valence-electron chi connectivity index (χ1n) is 9.39. The first kappa shape index (κ1) is 18.7. The lowest BCUT2D eigenvalue weighted by atomic mass is 10.1. The summed E-state index contributed by atoms with van der Waals surface area (Å²) in [6.07, 6.45) is 1.63. The highest BCUT2D eigenvalue weighted by atomic mass is 16.5. The van der Waals surface area contributed by atoms with Crippen LogP contribution in [0.25, 0.3) is 0 Å². The van der Waals surface area contributed by atoms with Gasteiger partial charge in [0.2, 0.25) is 0 Å². The molecule has 0 fully saturated rings. The third-order valence-electron chi connectivity index (χ3n) is 4.99. The third-order valence-corrected chi connectivity index (χ3v) is 4.99. The van der Waals surface area contributed by atoms with Gasteiger partial charge in [0.05, 0.1) is 13.2 Å². The molecule has 0 bridgehead atoms. The van der Waals surface area contributed by atoms with Gasteiger partial charge in [0.15, 0.2) is 5.82 Å². The van der Waals surface area contributed by atoms with Crippen LogP contribution in [0.1, 0.15) is 43.8 Å². The van der Waals surface area contributed by atoms with Crippen molar-refractivity contribution in [1.82, 2.24) is 20.2 Å². The molecular formula is C22H22N4O3. The number of aromatic nitrogens is 2. The maximum atomic E-state index is 12.5. The van der Waals surface area contributed by atoms with Crippen molar-refractivity contribution >= 4 is 11.8 Å². The molecule has 0 spiro atoms. The van der Waals surface area contributed by atoms with E-state index in [-0.39, 0.29) is 29.4 Å². The fraction of sp³-hybridized carbons (Fsp3) is 0.227. The van der Waals surface area contributed by atoms with Crippen LogP contribution in [0.4, 0.5) is 0 Å². The van der Waals surface area contributed by atoms with E-state index in [2.05, 4.69) is 15.6 Å². The smallest absolute Gasteiger partial charge is 0.287 e. The van der Waals surface area contributed by atoms with Crippen LogP contribution in [0.15, 0.2) is 54.7 Å². The van der Waals surface area contributed by atoms with Gasteiger partial charge >= 0.3 is 0 Å². The highest BCUT2D eigenvalue weighted by molar-refractivity contribution is 5.96. The van der Waals surface area contributed by atoms with Crippen LogP contribution in [0.5, 0.6) is 5.75 Å². The molecule has 2 aromatic carbocycles. The molecule has 0 radical (unpaired) electrons. The van der Waals surface area contributed by atoms with E-state index in [9.17, 15) is 9.59 Å². The van der Waals surface area contributed by atoms with Gasteiger partial charge in [-0.25, -0.2) is 4.98 Å². The second kappa shape index (κ2) is 7.79. The average molecular weight is 390 g/mol. The largest absolute Gasteiger partial charge is 0.497 e.